The number of nitrogens with two attached hydrogens (primary N) is 1. The van der Waals surface area contributed by atoms with E-state index in [1.807, 2.05) is 39.0 Å². The van der Waals surface area contributed by atoms with Crippen molar-refractivity contribution < 1.29 is 9.84 Å². The molecule has 3 nitrogen and oxygen atoms in total. The van der Waals surface area contributed by atoms with Gasteiger partial charge in [-0.2, -0.15) is 0 Å². The molecule has 0 saturated heterocycles. The van der Waals surface area contributed by atoms with Gasteiger partial charge in [0.25, 0.3) is 0 Å². The van der Waals surface area contributed by atoms with Gasteiger partial charge in [0.1, 0.15) is 5.75 Å². The first-order valence-corrected chi connectivity index (χ1v) is 5.20. The van der Waals surface area contributed by atoms with Gasteiger partial charge < -0.3 is 15.6 Å². The van der Waals surface area contributed by atoms with Crippen molar-refractivity contribution in [1.29, 1.82) is 0 Å². The standard InChI is InChI=1S/C12H19NO2/c1-8(2)15-12-6-9(3)4-5-10(12)11(14)7-13/h4-6,8,11,14H,7,13H2,1-3H3. The summed E-state index contributed by atoms with van der Waals surface area (Å²) in [6.07, 6.45) is -0.560. The van der Waals surface area contributed by atoms with Crippen LogP contribution >= 0.6 is 0 Å². The van der Waals surface area contributed by atoms with Gasteiger partial charge in [0.05, 0.1) is 12.2 Å². The number of aliphatic hydroxyl groups is 1. The molecule has 0 saturated carbocycles. The van der Waals surface area contributed by atoms with Crippen molar-refractivity contribution in [1.82, 2.24) is 0 Å². The minimum Gasteiger partial charge on any atom is -0.491 e. The molecule has 15 heavy (non-hydrogen) atoms. The van der Waals surface area contributed by atoms with Gasteiger partial charge >= 0.3 is 0 Å². The summed E-state index contributed by atoms with van der Waals surface area (Å²) in [5.74, 6) is 0.725. The molecule has 0 aliphatic rings. The van der Waals surface area contributed by atoms with E-state index in [1.54, 1.807) is 0 Å². The van der Waals surface area contributed by atoms with Crippen molar-refractivity contribution in [2.75, 3.05) is 6.54 Å². The van der Waals surface area contributed by atoms with Crippen LogP contribution in [0, 0.1) is 6.92 Å². The Morgan fingerprint density at radius 1 is 1.40 bits per heavy atom. The fourth-order valence-corrected chi connectivity index (χ4v) is 1.40. The van der Waals surface area contributed by atoms with Crippen LogP contribution in [0.1, 0.15) is 31.1 Å². The van der Waals surface area contributed by atoms with Gasteiger partial charge in [0.2, 0.25) is 0 Å². The van der Waals surface area contributed by atoms with E-state index in [0.717, 1.165) is 16.9 Å². The number of ether oxygens (including phenoxy) is 1. The number of hydrogen-bond acceptors (Lipinski definition) is 3. The number of benzene rings is 1. The molecule has 3 N–H and O–H groups in total. The zero-order chi connectivity index (χ0) is 11.4. The molecule has 0 spiro atoms. The molecule has 0 heterocycles. The van der Waals surface area contributed by atoms with Gasteiger partial charge in [-0.05, 0) is 32.4 Å². The third-order valence-electron chi connectivity index (χ3n) is 2.11. The molecule has 1 atom stereocenters. The molecule has 3 heteroatoms. The Hall–Kier alpha value is -1.06. The summed E-state index contributed by atoms with van der Waals surface area (Å²) in [7, 11) is 0. The lowest BCUT2D eigenvalue weighted by Crippen LogP contribution is -2.15. The van der Waals surface area contributed by atoms with E-state index in [1.165, 1.54) is 0 Å². The minimum absolute atomic E-state index is 0.0931. The van der Waals surface area contributed by atoms with Crippen molar-refractivity contribution in [3.63, 3.8) is 0 Å². The van der Waals surface area contributed by atoms with Crippen LogP contribution in [0.15, 0.2) is 18.2 Å². The lowest BCUT2D eigenvalue weighted by atomic mass is 10.1. The summed E-state index contributed by atoms with van der Waals surface area (Å²) in [4.78, 5) is 0. The lowest BCUT2D eigenvalue weighted by molar-refractivity contribution is 0.173. The largest absolute Gasteiger partial charge is 0.491 e. The molecular weight excluding hydrogens is 190 g/mol. The Balaban J connectivity index is 3.02. The highest BCUT2D eigenvalue weighted by Crippen LogP contribution is 2.26. The molecule has 0 radical (unpaired) electrons. The predicted octanol–water partition coefficient (Wildman–Crippen LogP) is 1.77. The molecule has 0 aliphatic heterocycles. The van der Waals surface area contributed by atoms with Crippen LogP contribution < -0.4 is 10.5 Å². The first-order valence-electron chi connectivity index (χ1n) is 5.20. The Bertz CT molecular complexity index is 323. The minimum atomic E-state index is -0.653. The van der Waals surface area contributed by atoms with E-state index in [9.17, 15) is 5.11 Å². The Morgan fingerprint density at radius 2 is 2.07 bits per heavy atom. The highest BCUT2D eigenvalue weighted by molar-refractivity contribution is 5.38. The summed E-state index contributed by atoms with van der Waals surface area (Å²) in [5.41, 5.74) is 7.31. The Labute approximate surface area is 90.9 Å². The Morgan fingerprint density at radius 3 is 2.60 bits per heavy atom. The second-order valence-corrected chi connectivity index (χ2v) is 3.96. The van der Waals surface area contributed by atoms with Gasteiger partial charge in [0.15, 0.2) is 0 Å². The van der Waals surface area contributed by atoms with Gasteiger partial charge in [-0.25, -0.2) is 0 Å². The van der Waals surface area contributed by atoms with Crippen LogP contribution in [-0.4, -0.2) is 17.8 Å². The van der Waals surface area contributed by atoms with E-state index in [0.29, 0.717) is 0 Å². The van der Waals surface area contributed by atoms with Crippen LogP contribution in [0.3, 0.4) is 0 Å². The second kappa shape index (κ2) is 5.14. The van der Waals surface area contributed by atoms with Crippen molar-refractivity contribution in [2.24, 2.45) is 5.73 Å². The molecule has 0 fully saturated rings. The average Bonchev–Trinajstić information content (AvgIpc) is 2.16. The SMILES string of the molecule is Cc1ccc(C(O)CN)c(OC(C)C)c1. The van der Waals surface area contributed by atoms with E-state index in [-0.39, 0.29) is 12.6 Å². The molecule has 1 aromatic rings. The zero-order valence-electron chi connectivity index (χ0n) is 9.53. The van der Waals surface area contributed by atoms with E-state index in [4.69, 9.17) is 10.5 Å². The number of aryl methyl sites for hydroxylation is 1. The maximum absolute atomic E-state index is 9.71. The summed E-state index contributed by atoms with van der Waals surface area (Å²) < 4.78 is 5.63. The number of aliphatic hydroxyl groups excluding tert-OH is 1. The summed E-state index contributed by atoms with van der Waals surface area (Å²) >= 11 is 0. The van der Waals surface area contributed by atoms with Crippen LogP contribution in [-0.2, 0) is 0 Å². The maximum atomic E-state index is 9.71. The molecule has 1 aromatic carbocycles. The smallest absolute Gasteiger partial charge is 0.125 e. The number of hydrogen-bond donors (Lipinski definition) is 2. The first kappa shape index (κ1) is 12.0. The predicted molar refractivity (Wildman–Crippen MR) is 61.0 cm³/mol. The second-order valence-electron chi connectivity index (χ2n) is 3.96. The van der Waals surface area contributed by atoms with Gasteiger partial charge in [-0.3, -0.25) is 0 Å². The molecule has 84 valence electrons. The molecule has 0 bridgehead atoms. The van der Waals surface area contributed by atoms with E-state index in [2.05, 4.69) is 0 Å². The van der Waals surface area contributed by atoms with Gasteiger partial charge in [-0.15, -0.1) is 0 Å². The van der Waals surface area contributed by atoms with E-state index >= 15 is 0 Å². The summed E-state index contributed by atoms with van der Waals surface area (Å²) in [6, 6.07) is 5.74. The highest BCUT2D eigenvalue weighted by atomic mass is 16.5. The highest BCUT2D eigenvalue weighted by Gasteiger charge is 2.12. The van der Waals surface area contributed by atoms with E-state index < -0.39 is 6.10 Å². The van der Waals surface area contributed by atoms with Crippen molar-refractivity contribution in [2.45, 2.75) is 33.0 Å². The fraction of sp³-hybridized carbons (Fsp3) is 0.500. The van der Waals surface area contributed by atoms with Crippen LogP contribution in [0.4, 0.5) is 0 Å². The van der Waals surface area contributed by atoms with Crippen LogP contribution in [0.25, 0.3) is 0 Å². The molecular formula is C12H19NO2. The quantitative estimate of drug-likeness (QED) is 0.794. The van der Waals surface area contributed by atoms with Gasteiger partial charge in [-0.1, -0.05) is 12.1 Å². The summed E-state index contributed by atoms with van der Waals surface area (Å²) in [6.45, 7) is 6.12. The molecule has 0 amide bonds. The average molecular weight is 209 g/mol. The van der Waals surface area contributed by atoms with Crippen LogP contribution in [0.5, 0.6) is 5.75 Å². The molecule has 0 aromatic heterocycles. The maximum Gasteiger partial charge on any atom is 0.125 e. The fourth-order valence-electron chi connectivity index (χ4n) is 1.40. The summed E-state index contributed by atoms with van der Waals surface area (Å²) in [5, 5.41) is 9.71. The lowest BCUT2D eigenvalue weighted by Gasteiger charge is -2.17. The van der Waals surface area contributed by atoms with Crippen LogP contribution in [0.2, 0.25) is 0 Å². The third-order valence-corrected chi connectivity index (χ3v) is 2.11. The monoisotopic (exact) mass is 209 g/mol. The number of rotatable bonds is 4. The first-order chi connectivity index (χ1) is 7.04. The topological polar surface area (TPSA) is 55.5 Å². The normalized spacial score (nSPS) is 12.9. The van der Waals surface area contributed by atoms with Crippen molar-refractivity contribution in [3.05, 3.63) is 29.3 Å². The third kappa shape index (κ3) is 3.22. The zero-order valence-corrected chi connectivity index (χ0v) is 9.53. The van der Waals surface area contributed by atoms with Crippen molar-refractivity contribution >= 4 is 0 Å². The molecule has 1 rings (SSSR count). The van der Waals surface area contributed by atoms with Gasteiger partial charge in [0, 0.05) is 12.1 Å². The molecule has 1 unspecified atom stereocenters. The van der Waals surface area contributed by atoms with Crippen molar-refractivity contribution in [3.8, 4) is 5.75 Å². The Kier molecular flexibility index (Phi) is 4.12. The molecule has 0 aliphatic carbocycles.